The predicted molar refractivity (Wildman–Crippen MR) is 117 cm³/mol. The molecule has 3 aromatic rings. The fraction of sp³-hybridized carbons (Fsp3) is 0.333. The highest BCUT2D eigenvalue weighted by Crippen LogP contribution is 2.25. The zero-order valence-corrected chi connectivity index (χ0v) is 18.4. The van der Waals surface area contributed by atoms with Crippen LogP contribution in [0.1, 0.15) is 18.8 Å². The van der Waals surface area contributed by atoms with E-state index >= 15 is 0 Å². The predicted octanol–water partition coefficient (Wildman–Crippen LogP) is 2.65. The Morgan fingerprint density at radius 2 is 1.67 bits per heavy atom. The van der Waals surface area contributed by atoms with Crippen LogP contribution >= 0.6 is 11.6 Å². The molecule has 1 saturated heterocycles. The molecular formula is C21H23ClN4O3S. The molecule has 1 atom stereocenters. The maximum absolute atomic E-state index is 12.8. The first-order valence-corrected chi connectivity index (χ1v) is 11.6. The third kappa shape index (κ3) is 3.65. The fourth-order valence-corrected chi connectivity index (χ4v) is 5.59. The summed E-state index contributed by atoms with van der Waals surface area (Å²) in [5.74, 6) is 0.633. The summed E-state index contributed by atoms with van der Waals surface area (Å²) < 4.78 is 28.7. The van der Waals surface area contributed by atoms with Crippen molar-refractivity contribution in [1.29, 1.82) is 0 Å². The van der Waals surface area contributed by atoms with E-state index in [9.17, 15) is 13.2 Å². The quantitative estimate of drug-likeness (QED) is 0.615. The molecule has 30 heavy (non-hydrogen) atoms. The van der Waals surface area contributed by atoms with E-state index in [2.05, 4.69) is 4.90 Å². The maximum Gasteiger partial charge on any atom is 0.262 e. The van der Waals surface area contributed by atoms with Crippen molar-refractivity contribution in [2.24, 2.45) is 7.05 Å². The molecule has 158 valence electrons. The van der Waals surface area contributed by atoms with Crippen molar-refractivity contribution in [1.82, 2.24) is 18.8 Å². The third-order valence-electron chi connectivity index (χ3n) is 5.66. The molecule has 1 aliphatic rings. The average molecular weight is 447 g/mol. The lowest BCUT2D eigenvalue weighted by atomic mass is 10.2. The molecule has 4 rings (SSSR count). The van der Waals surface area contributed by atoms with Gasteiger partial charge in [0.05, 0.1) is 26.9 Å². The second-order valence-corrected chi connectivity index (χ2v) is 9.74. The van der Waals surface area contributed by atoms with E-state index in [1.807, 2.05) is 6.92 Å². The molecule has 0 N–H and O–H groups in total. The van der Waals surface area contributed by atoms with Gasteiger partial charge >= 0.3 is 0 Å². The number of rotatable bonds is 4. The van der Waals surface area contributed by atoms with Gasteiger partial charge in [0.1, 0.15) is 5.82 Å². The highest BCUT2D eigenvalue weighted by molar-refractivity contribution is 7.89. The summed E-state index contributed by atoms with van der Waals surface area (Å²) in [6, 6.07) is 13.6. The van der Waals surface area contributed by atoms with Crippen LogP contribution in [-0.4, -0.2) is 53.4 Å². The van der Waals surface area contributed by atoms with Gasteiger partial charge in [0.15, 0.2) is 0 Å². The summed E-state index contributed by atoms with van der Waals surface area (Å²) in [5.41, 5.74) is 0.385. The van der Waals surface area contributed by atoms with Crippen molar-refractivity contribution in [3.05, 3.63) is 69.7 Å². The molecule has 7 nitrogen and oxygen atoms in total. The highest BCUT2D eigenvalue weighted by Gasteiger charge is 2.31. The molecule has 1 fully saturated rings. The van der Waals surface area contributed by atoms with Gasteiger partial charge in [-0.1, -0.05) is 35.9 Å². The SMILES string of the molecule is CC(c1nc2cccc(Cl)c2c(=O)n1C)N1CCN(S(=O)(=O)c2ccccc2)CC1. The average Bonchev–Trinajstić information content (AvgIpc) is 2.76. The number of piperazine rings is 1. The molecule has 1 aromatic heterocycles. The second-order valence-electron chi connectivity index (χ2n) is 7.40. The van der Waals surface area contributed by atoms with Gasteiger partial charge in [0.2, 0.25) is 10.0 Å². The van der Waals surface area contributed by atoms with E-state index in [1.165, 1.54) is 8.87 Å². The molecule has 0 aliphatic carbocycles. The normalized spacial score (nSPS) is 17.3. The molecule has 1 aliphatic heterocycles. The van der Waals surface area contributed by atoms with Gasteiger partial charge in [-0.05, 0) is 31.2 Å². The molecule has 0 bridgehead atoms. The van der Waals surface area contributed by atoms with Gasteiger partial charge < -0.3 is 0 Å². The van der Waals surface area contributed by atoms with Gasteiger partial charge in [-0.15, -0.1) is 0 Å². The Kier molecular flexibility index (Phi) is 5.67. The molecule has 9 heteroatoms. The smallest absolute Gasteiger partial charge is 0.262 e. The molecule has 2 heterocycles. The van der Waals surface area contributed by atoms with Crippen LogP contribution in [0.3, 0.4) is 0 Å². The monoisotopic (exact) mass is 446 g/mol. The van der Waals surface area contributed by atoms with Crippen molar-refractivity contribution in [2.75, 3.05) is 26.2 Å². The summed E-state index contributed by atoms with van der Waals surface area (Å²) in [5, 5.41) is 0.802. The maximum atomic E-state index is 12.8. The number of hydrogen-bond donors (Lipinski definition) is 0. The Morgan fingerprint density at radius 3 is 2.33 bits per heavy atom. The van der Waals surface area contributed by atoms with E-state index in [0.717, 1.165) is 0 Å². The summed E-state index contributed by atoms with van der Waals surface area (Å²) in [4.78, 5) is 20.0. The van der Waals surface area contributed by atoms with Crippen LogP contribution in [0.2, 0.25) is 5.02 Å². The fourth-order valence-electron chi connectivity index (χ4n) is 3.90. The van der Waals surface area contributed by atoms with Crippen LogP contribution in [0.4, 0.5) is 0 Å². The van der Waals surface area contributed by atoms with E-state index in [4.69, 9.17) is 16.6 Å². The molecule has 0 saturated carbocycles. The van der Waals surface area contributed by atoms with E-state index < -0.39 is 10.0 Å². The minimum Gasteiger partial charge on any atom is -0.298 e. The molecule has 0 amide bonds. The van der Waals surface area contributed by atoms with Crippen molar-refractivity contribution >= 4 is 32.5 Å². The summed E-state index contributed by atoms with van der Waals surface area (Å²) in [6.07, 6.45) is 0. The van der Waals surface area contributed by atoms with Crippen LogP contribution in [0.25, 0.3) is 10.9 Å². The zero-order valence-electron chi connectivity index (χ0n) is 16.8. The zero-order chi connectivity index (χ0) is 21.5. The molecular weight excluding hydrogens is 424 g/mol. The first-order chi connectivity index (χ1) is 14.3. The lowest BCUT2D eigenvalue weighted by Gasteiger charge is -2.37. The van der Waals surface area contributed by atoms with E-state index in [1.54, 1.807) is 55.6 Å². The molecule has 0 spiro atoms. The number of hydrogen-bond acceptors (Lipinski definition) is 5. The van der Waals surface area contributed by atoms with Gasteiger partial charge in [-0.25, -0.2) is 13.4 Å². The Bertz CT molecular complexity index is 1240. The number of halogens is 1. The Labute approximate surface area is 180 Å². The lowest BCUT2D eigenvalue weighted by Crippen LogP contribution is -2.49. The Balaban J connectivity index is 1.56. The van der Waals surface area contributed by atoms with E-state index in [0.29, 0.717) is 52.8 Å². The summed E-state index contributed by atoms with van der Waals surface area (Å²) >= 11 is 6.20. The molecule has 1 unspecified atom stereocenters. The van der Waals surface area contributed by atoms with Crippen LogP contribution in [-0.2, 0) is 17.1 Å². The van der Waals surface area contributed by atoms with Crippen LogP contribution < -0.4 is 5.56 Å². The minimum atomic E-state index is -3.50. The number of sulfonamides is 1. The number of aromatic nitrogens is 2. The van der Waals surface area contributed by atoms with Crippen LogP contribution in [0.15, 0.2) is 58.2 Å². The number of benzene rings is 2. The van der Waals surface area contributed by atoms with Crippen molar-refractivity contribution in [3.63, 3.8) is 0 Å². The van der Waals surface area contributed by atoms with Gasteiger partial charge in [-0.3, -0.25) is 14.3 Å². The standard InChI is InChI=1S/C21H23ClN4O3S/c1-15(20-23-18-10-6-9-17(22)19(18)21(27)24(20)2)25-11-13-26(14-12-25)30(28,29)16-7-4-3-5-8-16/h3-10,15H,11-14H2,1-2H3. The first-order valence-electron chi connectivity index (χ1n) is 9.75. The van der Waals surface area contributed by atoms with Crippen molar-refractivity contribution in [3.8, 4) is 0 Å². The lowest BCUT2D eigenvalue weighted by molar-refractivity contribution is 0.139. The molecule has 0 radical (unpaired) electrons. The number of fused-ring (bicyclic) bond motifs is 1. The van der Waals surface area contributed by atoms with E-state index in [-0.39, 0.29) is 11.6 Å². The molecule has 2 aromatic carbocycles. The van der Waals surface area contributed by atoms with Gasteiger partial charge in [0.25, 0.3) is 5.56 Å². The summed E-state index contributed by atoms with van der Waals surface area (Å²) in [7, 11) is -1.81. The van der Waals surface area contributed by atoms with Crippen molar-refractivity contribution < 1.29 is 8.42 Å². The van der Waals surface area contributed by atoms with Gasteiger partial charge in [-0.2, -0.15) is 4.31 Å². The summed E-state index contributed by atoms with van der Waals surface area (Å²) in [6.45, 7) is 3.86. The minimum absolute atomic E-state index is 0.146. The highest BCUT2D eigenvalue weighted by atomic mass is 35.5. The van der Waals surface area contributed by atoms with Gasteiger partial charge in [0, 0.05) is 33.2 Å². The topological polar surface area (TPSA) is 75.5 Å². The van der Waals surface area contributed by atoms with Crippen LogP contribution in [0.5, 0.6) is 0 Å². The van der Waals surface area contributed by atoms with Crippen molar-refractivity contribution in [2.45, 2.75) is 17.9 Å². The Hall–Kier alpha value is -2.26. The largest absolute Gasteiger partial charge is 0.298 e. The number of nitrogens with zero attached hydrogens (tertiary/aromatic N) is 4. The first kappa shape index (κ1) is 21.0. The van der Waals surface area contributed by atoms with Crippen LogP contribution in [0, 0.1) is 0 Å². The second kappa shape index (κ2) is 8.11. The Morgan fingerprint density at radius 1 is 1.00 bits per heavy atom. The third-order valence-corrected chi connectivity index (χ3v) is 7.89.